The Hall–Kier alpha value is -1.05. The summed E-state index contributed by atoms with van der Waals surface area (Å²) < 4.78 is 0. The number of thioether (sulfide) groups is 1. The van der Waals surface area contributed by atoms with E-state index in [0.717, 1.165) is 33.9 Å². The van der Waals surface area contributed by atoms with Gasteiger partial charge >= 0.3 is 0 Å². The number of amides is 1. The first kappa shape index (κ1) is 21.7. The van der Waals surface area contributed by atoms with Gasteiger partial charge in [0.25, 0.3) is 0 Å². The summed E-state index contributed by atoms with van der Waals surface area (Å²) in [6.45, 7) is 6.24. The number of hydrogen-bond acceptors (Lipinski definition) is 5. The molecule has 2 heterocycles. The van der Waals surface area contributed by atoms with Crippen LogP contribution in [0.5, 0.6) is 0 Å². The smallest absolute Gasteiger partial charge is 0.234 e. The Bertz CT molecular complexity index is 1030. The number of carbonyl (C=O) groups excluding carboxylic acids is 1. The molecule has 1 amide bonds. The van der Waals surface area contributed by atoms with Crippen molar-refractivity contribution in [1.29, 1.82) is 0 Å². The number of nitrogens with zero attached hydrogens (tertiary/aromatic N) is 2. The summed E-state index contributed by atoms with van der Waals surface area (Å²) in [6, 6.07) is 3.09. The van der Waals surface area contributed by atoms with Crippen LogP contribution >= 0.6 is 57.9 Å². The van der Waals surface area contributed by atoms with Gasteiger partial charge in [0.05, 0.1) is 21.5 Å². The van der Waals surface area contributed by atoms with Crippen LogP contribution in [0, 0.1) is 6.92 Å². The molecule has 9 heteroatoms. The summed E-state index contributed by atoms with van der Waals surface area (Å²) in [4.78, 5) is 24.1. The SMILES string of the molecule is CCc1nc(SCC(=O)Nc2c(Cl)cc(Cl)cc2Cl)c2c(CC)c(C)sc2n1. The van der Waals surface area contributed by atoms with Crippen LogP contribution in [0.2, 0.25) is 15.1 Å². The third kappa shape index (κ3) is 4.57. The molecule has 0 saturated heterocycles. The predicted octanol–water partition coefficient (Wildman–Crippen LogP) is 6.82. The van der Waals surface area contributed by atoms with Crippen LogP contribution in [0.3, 0.4) is 0 Å². The van der Waals surface area contributed by atoms with Crippen molar-refractivity contribution in [3.63, 3.8) is 0 Å². The van der Waals surface area contributed by atoms with Crippen LogP contribution in [-0.4, -0.2) is 21.6 Å². The maximum absolute atomic E-state index is 12.5. The van der Waals surface area contributed by atoms with E-state index in [2.05, 4.69) is 29.1 Å². The summed E-state index contributed by atoms with van der Waals surface area (Å²) in [5.74, 6) is 0.747. The maximum Gasteiger partial charge on any atom is 0.234 e. The van der Waals surface area contributed by atoms with Gasteiger partial charge in [-0.15, -0.1) is 11.3 Å². The lowest BCUT2D eigenvalue weighted by atomic mass is 10.1. The zero-order valence-corrected chi connectivity index (χ0v) is 19.4. The number of fused-ring (bicyclic) bond motifs is 1. The molecule has 0 fully saturated rings. The molecule has 0 unspecified atom stereocenters. The number of aromatic nitrogens is 2. The van der Waals surface area contributed by atoms with E-state index in [9.17, 15) is 4.79 Å². The molecule has 0 radical (unpaired) electrons. The Morgan fingerprint density at radius 1 is 1.14 bits per heavy atom. The third-order valence-corrected chi connectivity index (χ3v) is 6.98. The van der Waals surface area contributed by atoms with Crippen molar-refractivity contribution in [3.05, 3.63) is 43.5 Å². The highest BCUT2D eigenvalue weighted by atomic mass is 35.5. The predicted molar refractivity (Wildman–Crippen MR) is 122 cm³/mol. The monoisotopic (exact) mass is 473 g/mol. The number of thiophene rings is 1. The van der Waals surface area contributed by atoms with Crippen molar-refractivity contribution in [2.45, 2.75) is 38.6 Å². The highest BCUT2D eigenvalue weighted by Gasteiger charge is 2.18. The Kier molecular flexibility index (Phi) is 7.10. The van der Waals surface area contributed by atoms with Gasteiger partial charge in [-0.1, -0.05) is 60.4 Å². The molecule has 0 aliphatic carbocycles. The minimum atomic E-state index is -0.217. The zero-order chi connectivity index (χ0) is 20.4. The average Bonchev–Trinajstić information content (AvgIpc) is 2.97. The van der Waals surface area contributed by atoms with E-state index in [1.807, 2.05) is 6.92 Å². The molecule has 0 spiro atoms. The Morgan fingerprint density at radius 2 is 1.82 bits per heavy atom. The summed E-state index contributed by atoms with van der Waals surface area (Å²) in [6.07, 6.45) is 1.64. The molecular weight excluding hydrogens is 457 g/mol. The molecule has 0 atom stereocenters. The van der Waals surface area contributed by atoms with Crippen molar-refractivity contribution in [2.24, 2.45) is 0 Å². The molecule has 0 aliphatic heterocycles. The lowest BCUT2D eigenvalue weighted by Gasteiger charge is -2.10. The number of halogens is 3. The van der Waals surface area contributed by atoms with E-state index in [0.29, 0.717) is 20.8 Å². The number of carbonyl (C=O) groups is 1. The first-order chi connectivity index (χ1) is 13.3. The van der Waals surface area contributed by atoms with Gasteiger partial charge in [-0.2, -0.15) is 0 Å². The molecule has 28 heavy (non-hydrogen) atoms. The second-order valence-electron chi connectivity index (χ2n) is 6.05. The number of aryl methyl sites for hydroxylation is 3. The van der Waals surface area contributed by atoms with Crippen molar-refractivity contribution < 1.29 is 4.79 Å². The lowest BCUT2D eigenvalue weighted by molar-refractivity contribution is -0.113. The normalized spacial score (nSPS) is 11.2. The van der Waals surface area contributed by atoms with Crippen LogP contribution in [0.1, 0.15) is 30.1 Å². The van der Waals surface area contributed by atoms with Gasteiger partial charge in [0.1, 0.15) is 15.7 Å². The molecule has 3 aromatic rings. The van der Waals surface area contributed by atoms with Gasteiger partial charge in [0.15, 0.2) is 0 Å². The molecule has 2 aromatic heterocycles. The van der Waals surface area contributed by atoms with Crippen molar-refractivity contribution in [1.82, 2.24) is 9.97 Å². The summed E-state index contributed by atoms with van der Waals surface area (Å²) in [5.41, 5.74) is 1.61. The molecular formula is C19H18Cl3N3OS2. The van der Waals surface area contributed by atoms with Gasteiger partial charge in [-0.25, -0.2) is 9.97 Å². The molecule has 0 aliphatic rings. The topological polar surface area (TPSA) is 54.9 Å². The van der Waals surface area contributed by atoms with Crippen LogP contribution in [-0.2, 0) is 17.6 Å². The Labute approximate surface area is 187 Å². The Balaban J connectivity index is 1.84. The van der Waals surface area contributed by atoms with E-state index < -0.39 is 0 Å². The minimum absolute atomic E-state index is 0.183. The largest absolute Gasteiger partial charge is 0.323 e. The van der Waals surface area contributed by atoms with Gasteiger partial charge in [-0.05, 0) is 31.0 Å². The first-order valence-corrected chi connectivity index (χ1v) is 11.6. The van der Waals surface area contributed by atoms with Crippen molar-refractivity contribution in [2.75, 3.05) is 11.1 Å². The van der Waals surface area contributed by atoms with E-state index in [1.165, 1.54) is 22.2 Å². The van der Waals surface area contributed by atoms with E-state index in [-0.39, 0.29) is 11.7 Å². The van der Waals surface area contributed by atoms with Gasteiger partial charge in [-0.3, -0.25) is 4.79 Å². The first-order valence-electron chi connectivity index (χ1n) is 8.70. The fraction of sp³-hybridized carbons (Fsp3) is 0.316. The van der Waals surface area contributed by atoms with Crippen molar-refractivity contribution in [3.8, 4) is 0 Å². The second kappa shape index (κ2) is 9.18. The van der Waals surface area contributed by atoms with E-state index in [1.54, 1.807) is 23.5 Å². The average molecular weight is 475 g/mol. The fourth-order valence-corrected chi connectivity index (χ4v) is 5.82. The summed E-state index contributed by atoms with van der Waals surface area (Å²) >= 11 is 21.3. The fourth-order valence-electron chi connectivity index (χ4n) is 2.84. The number of rotatable bonds is 6. The number of nitrogens with one attached hydrogen (secondary N) is 1. The molecule has 1 N–H and O–H groups in total. The minimum Gasteiger partial charge on any atom is -0.323 e. The molecule has 4 nitrogen and oxygen atoms in total. The van der Waals surface area contributed by atoms with Crippen LogP contribution in [0.4, 0.5) is 5.69 Å². The quantitative estimate of drug-likeness (QED) is 0.315. The summed E-state index contributed by atoms with van der Waals surface area (Å²) in [5, 5.41) is 5.68. The zero-order valence-electron chi connectivity index (χ0n) is 15.5. The van der Waals surface area contributed by atoms with Gasteiger partial charge in [0, 0.05) is 21.7 Å². The molecule has 1 aromatic carbocycles. The number of benzene rings is 1. The Morgan fingerprint density at radius 3 is 2.43 bits per heavy atom. The summed E-state index contributed by atoms with van der Waals surface area (Å²) in [7, 11) is 0. The number of anilines is 1. The third-order valence-electron chi connectivity index (χ3n) is 4.15. The van der Waals surface area contributed by atoms with Crippen LogP contribution < -0.4 is 5.32 Å². The van der Waals surface area contributed by atoms with E-state index in [4.69, 9.17) is 34.8 Å². The van der Waals surface area contributed by atoms with Gasteiger partial charge < -0.3 is 5.32 Å². The number of hydrogen-bond donors (Lipinski definition) is 1. The van der Waals surface area contributed by atoms with Gasteiger partial charge in [0.2, 0.25) is 5.91 Å². The van der Waals surface area contributed by atoms with Crippen LogP contribution in [0.25, 0.3) is 10.2 Å². The lowest BCUT2D eigenvalue weighted by Crippen LogP contribution is -2.15. The maximum atomic E-state index is 12.5. The highest BCUT2D eigenvalue weighted by Crippen LogP contribution is 2.37. The second-order valence-corrected chi connectivity index (χ2v) is 9.47. The standard InChI is InChI=1S/C19H18Cl3N3OS2/c1-4-11-9(3)28-19-16(11)18(23-14(5-2)24-19)27-8-15(26)25-17-12(21)6-10(20)7-13(17)22/h6-7H,4-5,8H2,1-3H3,(H,25,26). The molecule has 3 rings (SSSR count). The molecule has 0 bridgehead atoms. The van der Waals surface area contributed by atoms with Crippen molar-refractivity contribution >= 4 is 79.7 Å². The van der Waals surface area contributed by atoms with E-state index >= 15 is 0 Å². The highest BCUT2D eigenvalue weighted by molar-refractivity contribution is 8.00. The molecule has 148 valence electrons. The van der Waals surface area contributed by atoms with Crippen LogP contribution in [0.15, 0.2) is 17.2 Å². The molecule has 0 saturated carbocycles.